The minimum absolute atomic E-state index is 0.135. The molecular weight excluding hydrogens is 154 g/mol. The zero-order chi connectivity index (χ0) is 9.78. The molecule has 0 rings (SSSR count). The minimum Gasteiger partial charge on any atom is -0.400 e. The second kappa shape index (κ2) is 4.33. The van der Waals surface area contributed by atoms with Crippen LogP contribution in [0.5, 0.6) is 0 Å². The molecule has 4 nitrogen and oxygen atoms in total. The van der Waals surface area contributed by atoms with E-state index in [9.17, 15) is 0 Å². The first-order valence-electron chi connectivity index (χ1n) is 3.96. The maximum absolute atomic E-state index is 8.76. The topological polar surface area (TPSA) is 75.5 Å². The van der Waals surface area contributed by atoms with Gasteiger partial charge in [-0.05, 0) is 6.42 Å². The van der Waals surface area contributed by atoms with Crippen molar-refractivity contribution in [3.8, 4) is 0 Å². The second-order valence-electron chi connectivity index (χ2n) is 3.61. The third-order valence-corrected chi connectivity index (χ3v) is 1.86. The van der Waals surface area contributed by atoms with Gasteiger partial charge in [0.1, 0.15) is 0 Å². The summed E-state index contributed by atoms with van der Waals surface area (Å²) in [5, 5.41) is 10.2. The van der Waals surface area contributed by atoms with Crippen molar-refractivity contribution in [1.82, 2.24) is 5.01 Å². The molecule has 0 saturated carbocycles. The van der Waals surface area contributed by atoms with Crippen molar-refractivity contribution in [2.24, 2.45) is 17.0 Å². The van der Waals surface area contributed by atoms with Gasteiger partial charge in [0.05, 0.1) is 0 Å². The molecular formula is C8H19N3O. The number of hydrogen-bond donors (Lipinski definition) is 3. The van der Waals surface area contributed by atoms with Crippen LogP contribution in [0.4, 0.5) is 0 Å². The fourth-order valence-corrected chi connectivity index (χ4v) is 0.818. The van der Waals surface area contributed by atoms with E-state index in [2.05, 4.69) is 0 Å². The van der Waals surface area contributed by atoms with E-state index in [1.807, 2.05) is 13.8 Å². The molecule has 4 heteroatoms. The van der Waals surface area contributed by atoms with Crippen LogP contribution >= 0.6 is 0 Å². The van der Waals surface area contributed by atoms with Crippen LogP contribution in [0.3, 0.4) is 0 Å². The maximum atomic E-state index is 8.76. The van der Waals surface area contributed by atoms with Gasteiger partial charge in [0.2, 0.25) is 0 Å². The molecule has 0 unspecified atom stereocenters. The van der Waals surface area contributed by atoms with Gasteiger partial charge < -0.3 is 15.8 Å². The van der Waals surface area contributed by atoms with Crippen molar-refractivity contribution >= 4 is 0 Å². The Bertz CT molecular complexity index is 164. The number of nitrogens with two attached hydrogens (primary N) is 2. The summed E-state index contributed by atoms with van der Waals surface area (Å²) in [5.74, 6) is 5.40. The number of nitrogens with zero attached hydrogens (tertiary/aromatic N) is 1. The molecule has 0 aliphatic carbocycles. The summed E-state index contributed by atoms with van der Waals surface area (Å²) in [6.07, 6.45) is 2.30. The van der Waals surface area contributed by atoms with Crippen molar-refractivity contribution in [1.29, 1.82) is 0 Å². The molecule has 0 aromatic carbocycles. The highest BCUT2D eigenvalue weighted by Crippen LogP contribution is 2.25. The molecule has 0 aromatic heterocycles. The molecule has 5 N–H and O–H groups in total. The van der Waals surface area contributed by atoms with Gasteiger partial charge in [-0.3, -0.25) is 0 Å². The molecule has 0 heterocycles. The number of aliphatic hydroxyl groups is 1. The number of allylic oxidation sites excluding steroid dienone is 1. The average molecular weight is 173 g/mol. The fraction of sp³-hybridized carbons (Fsp3) is 0.750. The molecule has 72 valence electrons. The van der Waals surface area contributed by atoms with Crippen LogP contribution in [0.1, 0.15) is 20.3 Å². The second-order valence-corrected chi connectivity index (χ2v) is 3.61. The highest BCUT2D eigenvalue weighted by atomic mass is 16.3. The highest BCUT2D eigenvalue weighted by Gasteiger charge is 2.20. The molecule has 0 aliphatic heterocycles. The lowest BCUT2D eigenvalue weighted by atomic mass is 9.86. The van der Waals surface area contributed by atoms with Gasteiger partial charge in [0, 0.05) is 31.0 Å². The van der Waals surface area contributed by atoms with Crippen LogP contribution in [0, 0.1) is 5.41 Å². The lowest BCUT2D eigenvalue weighted by molar-refractivity contribution is 0.231. The molecule has 0 radical (unpaired) electrons. The summed E-state index contributed by atoms with van der Waals surface area (Å²) in [7, 11) is 1.71. The van der Waals surface area contributed by atoms with Gasteiger partial charge in [0.15, 0.2) is 0 Å². The van der Waals surface area contributed by atoms with Crippen LogP contribution in [-0.2, 0) is 0 Å². The Morgan fingerprint density at radius 2 is 2.08 bits per heavy atom. The third kappa shape index (κ3) is 3.59. The van der Waals surface area contributed by atoms with E-state index >= 15 is 0 Å². The Morgan fingerprint density at radius 3 is 2.42 bits per heavy atom. The molecule has 0 atom stereocenters. The first-order valence-corrected chi connectivity index (χ1v) is 3.96. The lowest BCUT2D eigenvalue weighted by Gasteiger charge is -2.25. The molecule has 12 heavy (non-hydrogen) atoms. The molecule has 0 aliphatic rings. The van der Waals surface area contributed by atoms with Crippen LogP contribution in [0.2, 0.25) is 0 Å². The largest absolute Gasteiger partial charge is 0.400 e. The summed E-state index contributed by atoms with van der Waals surface area (Å²) in [6, 6.07) is 0. The molecule has 0 saturated heterocycles. The lowest BCUT2D eigenvalue weighted by Crippen LogP contribution is -2.28. The van der Waals surface area contributed by atoms with Crippen LogP contribution < -0.4 is 11.6 Å². The van der Waals surface area contributed by atoms with E-state index in [-0.39, 0.29) is 12.0 Å². The quantitative estimate of drug-likeness (QED) is 0.413. The predicted octanol–water partition coefficient (Wildman–Crippen LogP) is 0.000600. The van der Waals surface area contributed by atoms with Gasteiger partial charge in [-0.25, -0.2) is 5.84 Å². The summed E-state index contributed by atoms with van der Waals surface area (Å²) in [6.45, 7) is 4.08. The van der Waals surface area contributed by atoms with Crippen LogP contribution in [0.25, 0.3) is 0 Å². The fourth-order valence-electron chi connectivity index (χ4n) is 0.818. The third-order valence-electron chi connectivity index (χ3n) is 1.86. The Hall–Kier alpha value is -0.740. The van der Waals surface area contributed by atoms with E-state index in [0.717, 1.165) is 0 Å². The highest BCUT2D eigenvalue weighted by molar-refractivity contribution is 5.06. The van der Waals surface area contributed by atoms with Crippen molar-refractivity contribution in [3.05, 3.63) is 11.9 Å². The Labute approximate surface area is 73.8 Å². The molecule has 0 amide bonds. The van der Waals surface area contributed by atoms with E-state index in [1.54, 1.807) is 13.2 Å². The van der Waals surface area contributed by atoms with E-state index in [1.165, 1.54) is 5.01 Å². The molecule has 0 aromatic rings. The van der Waals surface area contributed by atoms with Gasteiger partial charge >= 0.3 is 0 Å². The first-order chi connectivity index (χ1) is 5.40. The van der Waals surface area contributed by atoms with Gasteiger partial charge in [-0.2, -0.15) is 0 Å². The zero-order valence-electron chi connectivity index (χ0n) is 8.04. The number of rotatable bonds is 4. The SMILES string of the molecule is CN(N)/C=C(\N)C(C)(C)CCO. The zero-order valence-corrected chi connectivity index (χ0v) is 8.04. The Morgan fingerprint density at radius 1 is 1.58 bits per heavy atom. The van der Waals surface area contributed by atoms with Gasteiger partial charge in [-0.1, -0.05) is 13.8 Å². The van der Waals surface area contributed by atoms with E-state index < -0.39 is 0 Å². The monoisotopic (exact) mass is 173 g/mol. The van der Waals surface area contributed by atoms with Crippen LogP contribution in [0.15, 0.2) is 11.9 Å². The molecule has 0 bridgehead atoms. The predicted molar refractivity (Wildman–Crippen MR) is 49.7 cm³/mol. The molecule has 0 spiro atoms. The van der Waals surface area contributed by atoms with E-state index in [0.29, 0.717) is 12.1 Å². The maximum Gasteiger partial charge on any atom is 0.0439 e. The van der Waals surface area contributed by atoms with Crippen molar-refractivity contribution in [2.75, 3.05) is 13.7 Å². The normalized spacial score (nSPS) is 13.2. The molecule has 0 fully saturated rings. The number of aliphatic hydroxyl groups excluding tert-OH is 1. The van der Waals surface area contributed by atoms with Crippen molar-refractivity contribution in [3.63, 3.8) is 0 Å². The average Bonchev–Trinajstić information content (AvgIpc) is 1.85. The van der Waals surface area contributed by atoms with E-state index in [4.69, 9.17) is 16.7 Å². The summed E-state index contributed by atoms with van der Waals surface area (Å²) < 4.78 is 0. The number of hydrogen-bond acceptors (Lipinski definition) is 4. The summed E-state index contributed by atoms with van der Waals surface area (Å²) in [5.41, 5.74) is 6.26. The smallest absolute Gasteiger partial charge is 0.0439 e. The summed E-state index contributed by atoms with van der Waals surface area (Å²) >= 11 is 0. The minimum atomic E-state index is -0.192. The summed E-state index contributed by atoms with van der Waals surface area (Å²) in [4.78, 5) is 0. The van der Waals surface area contributed by atoms with Gasteiger partial charge in [-0.15, -0.1) is 0 Å². The van der Waals surface area contributed by atoms with Crippen LogP contribution in [-0.4, -0.2) is 23.8 Å². The standard InChI is InChI=1S/C8H19N3O/c1-8(2,4-5-12)7(9)6-11(3)10/h6,12H,4-5,9-10H2,1-3H3/b7-6-. The Kier molecular flexibility index (Phi) is 4.06. The number of hydrazine groups is 1. The Balaban J connectivity index is 4.33. The van der Waals surface area contributed by atoms with Crippen molar-refractivity contribution < 1.29 is 5.11 Å². The van der Waals surface area contributed by atoms with Crippen molar-refractivity contribution in [2.45, 2.75) is 20.3 Å². The first kappa shape index (κ1) is 11.3. The van der Waals surface area contributed by atoms with Gasteiger partial charge in [0.25, 0.3) is 0 Å².